The molecule has 0 saturated carbocycles. The molecule has 3 aliphatic heterocycles. The number of aryl methyl sites for hydroxylation is 1. The Morgan fingerprint density at radius 3 is 2.55 bits per heavy atom. The Morgan fingerprint density at radius 2 is 1.83 bits per heavy atom. The number of rotatable bonds is 4. The number of anilines is 1. The Hall–Kier alpha value is -3.77. The number of carbonyl (C=O) groups is 1. The molecule has 7 rings (SSSR count). The minimum atomic E-state index is -0.641. The highest BCUT2D eigenvalue weighted by atomic mass is 16.6. The Bertz CT molecular complexity index is 1630. The fraction of sp³-hybridized carbons (Fsp3) is 0.567. The van der Waals surface area contributed by atoms with Crippen LogP contribution in [0.2, 0.25) is 0 Å². The van der Waals surface area contributed by atoms with Gasteiger partial charge in [-0.25, -0.2) is 19.0 Å². The molecule has 4 aromatic rings. The van der Waals surface area contributed by atoms with E-state index in [1.165, 1.54) is 4.68 Å². The second-order valence-electron chi connectivity index (χ2n) is 12.6. The normalized spacial score (nSPS) is 22.7. The molecular weight excluding hydrogens is 536 g/mol. The molecule has 0 spiro atoms. The molecule has 3 aliphatic rings. The number of ether oxygens (including phenoxy) is 3. The monoisotopic (exact) mass is 574 g/mol. The molecule has 0 N–H and O–H groups in total. The van der Waals surface area contributed by atoms with E-state index in [2.05, 4.69) is 21.2 Å². The highest BCUT2D eigenvalue weighted by molar-refractivity contribution is 5.82. The Kier molecular flexibility index (Phi) is 6.58. The average Bonchev–Trinajstić information content (AvgIpc) is 3.73. The summed E-state index contributed by atoms with van der Waals surface area (Å²) in [5.74, 6) is 0.850. The van der Waals surface area contributed by atoms with E-state index in [9.17, 15) is 4.79 Å². The number of fused-ring (bicyclic) bond motifs is 3. The second-order valence-corrected chi connectivity index (χ2v) is 12.6. The molecule has 12 nitrogen and oxygen atoms in total. The van der Waals surface area contributed by atoms with Gasteiger partial charge in [0.15, 0.2) is 11.9 Å². The van der Waals surface area contributed by atoms with Gasteiger partial charge in [-0.15, -0.1) is 0 Å². The van der Waals surface area contributed by atoms with Gasteiger partial charge in [0.25, 0.3) is 0 Å². The van der Waals surface area contributed by atoms with Gasteiger partial charge in [-0.05, 0) is 72.8 Å². The molecule has 7 heterocycles. The molecule has 3 saturated heterocycles. The summed E-state index contributed by atoms with van der Waals surface area (Å²) in [7, 11) is 0. The largest absolute Gasteiger partial charge is 0.442 e. The van der Waals surface area contributed by atoms with Crippen LogP contribution >= 0.6 is 0 Å². The van der Waals surface area contributed by atoms with E-state index in [0.717, 1.165) is 80.1 Å². The predicted molar refractivity (Wildman–Crippen MR) is 155 cm³/mol. The SMILES string of the molecule is Cc1nn(C(=O)OC(C)(C)C)c(C)c1-c1cc(N2CC3CCC(C2)O3)nc2c(-c3ccnn3C3CCCCO3)cnn12. The van der Waals surface area contributed by atoms with Gasteiger partial charge in [-0.1, -0.05) is 0 Å². The van der Waals surface area contributed by atoms with E-state index >= 15 is 0 Å². The van der Waals surface area contributed by atoms with Gasteiger partial charge < -0.3 is 19.1 Å². The van der Waals surface area contributed by atoms with Crippen molar-refractivity contribution in [3.8, 4) is 22.5 Å². The van der Waals surface area contributed by atoms with Crippen molar-refractivity contribution in [1.82, 2.24) is 34.2 Å². The van der Waals surface area contributed by atoms with Crippen molar-refractivity contribution in [2.45, 2.75) is 90.8 Å². The van der Waals surface area contributed by atoms with Gasteiger partial charge in [0, 0.05) is 37.5 Å². The first kappa shape index (κ1) is 27.1. The second kappa shape index (κ2) is 10.2. The zero-order chi connectivity index (χ0) is 29.2. The summed E-state index contributed by atoms with van der Waals surface area (Å²) in [5.41, 5.74) is 4.87. The third kappa shape index (κ3) is 4.76. The van der Waals surface area contributed by atoms with Crippen LogP contribution in [0, 0.1) is 13.8 Å². The Balaban J connectivity index is 1.38. The van der Waals surface area contributed by atoms with Gasteiger partial charge >= 0.3 is 6.09 Å². The summed E-state index contributed by atoms with van der Waals surface area (Å²) in [5, 5.41) is 14.1. The van der Waals surface area contributed by atoms with Crippen LogP contribution in [0.4, 0.5) is 10.6 Å². The van der Waals surface area contributed by atoms with E-state index in [-0.39, 0.29) is 18.4 Å². The molecule has 222 valence electrons. The molecule has 0 radical (unpaired) electrons. The van der Waals surface area contributed by atoms with Crippen LogP contribution in [0.25, 0.3) is 28.2 Å². The quantitative estimate of drug-likeness (QED) is 0.335. The fourth-order valence-electron chi connectivity index (χ4n) is 6.44. The van der Waals surface area contributed by atoms with E-state index in [4.69, 9.17) is 24.3 Å². The number of morpholine rings is 1. The van der Waals surface area contributed by atoms with Crippen molar-refractivity contribution in [2.24, 2.45) is 0 Å². The molecule has 3 atom stereocenters. The predicted octanol–water partition coefficient (Wildman–Crippen LogP) is 4.92. The third-order valence-corrected chi connectivity index (χ3v) is 8.31. The molecule has 0 aliphatic carbocycles. The lowest BCUT2D eigenvalue weighted by atomic mass is 10.1. The lowest BCUT2D eigenvalue weighted by molar-refractivity contribution is -0.0383. The summed E-state index contributed by atoms with van der Waals surface area (Å²) >= 11 is 0. The highest BCUT2D eigenvalue weighted by Crippen LogP contribution is 2.37. The maximum absolute atomic E-state index is 13.1. The van der Waals surface area contributed by atoms with Crippen LogP contribution in [0.15, 0.2) is 24.5 Å². The average molecular weight is 575 g/mol. The van der Waals surface area contributed by atoms with E-state index < -0.39 is 11.7 Å². The lowest BCUT2D eigenvalue weighted by Gasteiger charge is -2.33. The van der Waals surface area contributed by atoms with Crippen molar-refractivity contribution in [3.63, 3.8) is 0 Å². The van der Waals surface area contributed by atoms with Crippen LogP contribution in [0.5, 0.6) is 0 Å². The summed E-state index contributed by atoms with van der Waals surface area (Å²) in [6.07, 6.45) is 8.64. The Morgan fingerprint density at radius 1 is 1.05 bits per heavy atom. The van der Waals surface area contributed by atoms with Crippen LogP contribution in [0.1, 0.15) is 70.5 Å². The first-order chi connectivity index (χ1) is 20.2. The summed E-state index contributed by atoms with van der Waals surface area (Å²) in [6.45, 7) is 11.6. The number of hydrogen-bond acceptors (Lipinski definition) is 9. The van der Waals surface area contributed by atoms with Crippen LogP contribution < -0.4 is 4.90 Å². The summed E-state index contributed by atoms with van der Waals surface area (Å²) < 4.78 is 23.0. The molecule has 3 fully saturated rings. The molecular formula is C30H38N8O4. The topological polar surface area (TPSA) is 114 Å². The summed E-state index contributed by atoms with van der Waals surface area (Å²) in [6, 6.07) is 4.06. The zero-order valence-corrected chi connectivity index (χ0v) is 24.9. The van der Waals surface area contributed by atoms with Crippen molar-refractivity contribution >= 4 is 17.6 Å². The van der Waals surface area contributed by atoms with E-state index in [0.29, 0.717) is 17.0 Å². The number of carbonyl (C=O) groups excluding carboxylic acids is 1. The molecule has 3 unspecified atom stereocenters. The first-order valence-corrected chi connectivity index (χ1v) is 14.9. The Labute approximate surface area is 244 Å². The third-order valence-electron chi connectivity index (χ3n) is 8.31. The van der Waals surface area contributed by atoms with Crippen molar-refractivity contribution < 1.29 is 19.0 Å². The molecule has 12 heteroatoms. The smallest absolute Gasteiger partial charge is 0.435 e. The molecule has 4 aromatic heterocycles. The van der Waals surface area contributed by atoms with Crippen LogP contribution in [0.3, 0.4) is 0 Å². The number of aromatic nitrogens is 7. The number of hydrogen-bond donors (Lipinski definition) is 0. The van der Waals surface area contributed by atoms with Crippen molar-refractivity contribution in [3.05, 3.63) is 35.9 Å². The molecule has 2 bridgehead atoms. The highest BCUT2D eigenvalue weighted by Gasteiger charge is 2.35. The van der Waals surface area contributed by atoms with Crippen molar-refractivity contribution in [1.29, 1.82) is 0 Å². The summed E-state index contributed by atoms with van der Waals surface area (Å²) in [4.78, 5) is 20.6. The minimum absolute atomic E-state index is 0.118. The lowest BCUT2D eigenvalue weighted by Crippen LogP contribution is -2.43. The standard InChI is InChI=1S/C30H38N8O4/c1-18-27(19(2)36(34-18)29(39)42-30(3,4)5)24-14-25(35-16-20-9-10-21(17-35)41-20)33-28-22(15-32-38(24)28)23-11-12-31-37(23)26-8-6-7-13-40-26/h11-12,14-15,20-21,26H,6-10,13,16-17H2,1-5H3. The molecule has 0 amide bonds. The fourth-order valence-corrected chi connectivity index (χ4v) is 6.44. The minimum Gasteiger partial charge on any atom is -0.442 e. The molecule has 0 aromatic carbocycles. The van der Waals surface area contributed by atoms with Gasteiger partial charge in [0.2, 0.25) is 0 Å². The van der Waals surface area contributed by atoms with Crippen LogP contribution in [-0.4, -0.2) is 77.8 Å². The van der Waals surface area contributed by atoms with Gasteiger partial charge in [0.1, 0.15) is 11.4 Å². The van der Waals surface area contributed by atoms with Crippen molar-refractivity contribution in [2.75, 3.05) is 24.6 Å². The maximum Gasteiger partial charge on any atom is 0.435 e. The first-order valence-electron chi connectivity index (χ1n) is 14.9. The van der Waals surface area contributed by atoms with Gasteiger partial charge in [0.05, 0.1) is 46.7 Å². The maximum atomic E-state index is 13.1. The van der Waals surface area contributed by atoms with Gasteiger partial charge in [-0.3, -0.25) is 0 Å². The number of nitrogens with zero attached hydrogens (tertiary/aromatic N) is 8. The molecule has 42 heavy (non-hydrogen) atoms. The van der Waals surface area contributed by atoms with Gasteiger partial charge in [-0.2, -0.15) is 20.0 Å². The zero-order valence-electron chi connectivity index (χ0n) is 24.9. The van der Waals surface area contributed by atoms with Crippen LogP contribution in [-0.2, 0) is 14.2 Å². The van der Waals surface area contributed by atoms with E-state index in [1.807, 2.05) is 56.1 Å². The van der Waals surface area contributed by atoms with E-state index in [1.54, 1.807) is 6.20 Å².